The van der Waals surface area contributed by atoms with Crippen LogP contribution in [0.2, 0.25) is 0 Å². The summed E-state index contributed by atoms with van der Waals surface area (Å²) in [7, 11) is 0. The third-order valence-electron chi connectivity index (χ3n) is 9.42. The van der Waals surface area contributed by atoms with Gasteiger partial charge in [0, 0.05) is 17.7 Å². The van der Waals surface area contributed by atoms with Gasteiger partial charge in [0.05, 0.1) is 19.8 Å². The lowest BCUT2D eigenvalue weighted by molar-refractivity contribution is -0.323. The second-order valence-electron chi connectivity index (χ2n) is 13.1. The summed E-state index contributed by atoms with van der Waals surface area (Å²) in [5.74, 6) is -3.69. The summed E-state index contributed by atoms with van der Waals surface area (Å²) >= 11 is 0. The van der Waals surface area contributed by atoms with Crippen molar-refractivity contribution in [2.24, 2.45) is 0 Å². The highest BCUT2D eigenvalue weighted by Gasteiger charge is 2.49. The van der Waals surface area contributed by atoms with Crippen LogP contribution in [-0.4, -0.2) is 183 Å². The molecule has 6 rings (SSSR count). The highest BCUT2D eigenvalue weighted by molar-refractivity contribution is 5.88. The van der Waals surface area contributed by atoms with E-state index in [0.29, 0.717) is 0 Å². The van der Waals surface area contributed by atoms with E-state index in [9.17, 15) is 76.3 Å². The molecule has 304 valence electrons. The van der Waals surface area contributed by atoms with Gasteiger partial charge in [-0.25, -0.2) is 0 Å². The third-order valence-corrected chi connectivity index (χ3v) is 9.42. The number of aromatic hydroxyl groups is 3. The number of hydrogen-bond donors (Lipinski definition) is 14. The van der Waals surface area contributed by atoms with Crippen LogP contribution < -0.4 is 14.9 Å². The number of fused-ring (bicyclic) bond motifs is 1. The molecule has 14 N–H and O–H groups in total. The van der Waals surface area contributed by atoms with Gasteiger partial charge in [-0.1, -0.05) is 0 Å². The minimum atomic E-state index is -1.99. The molecule has 3 aliphatic heterocycles. The van der Waals surface area contributed by atoms with Crippen LogP contribution in [0.4, 0.5) is 0 Å². The molecule has 1 aromatic heterocycles. The van der Waals surface area contributed by atoms with Crippen LogP contribution >= 0.6 is 0 Å². The molecule has 3 aromatic rings. The Kier molecular flexibility index (Phi) is 12.0. The summed E-state index contributed by atoms with van der Waals surface area (Å²) in [5.41, 5.74) is -1.68. The van der Waals surface area contributed by atoms with Gasteiger partial charge in [-0.2, -0.15) is 0 Å². The standard InChI is InChI=1S/C33H40O22/c34-6-15-19(39)23(43)26(46)31(52-15)49-8-17-21(41)25(45)27(47)32(54-17)50-10-4-13(38)18-14(5-10)51-29(9-1-2-11(36)12(37)3-9)30(22(18)42)55-33-28(48)24(44)20(40)16(7-35)53-33/h1-5,15-17,19-21,23-28,31-41,43-48H,6-8H2/t15-,16-,17-,19+,20+,21+,23+,24+,25+,26+,27+,28+,31-,32-,33+/m1/s1. The number of rotatable bonds is 10. The molecule has 3 saturated heterocycles. The van der Waals surface area contributed by atoms with Crippen LogP contribution in [0.5, 0.6) is 28.7 Å². The minimum absolute atomic E-state index is 0.120. The van der Waals surface area contributed by atoms with E-state index in [2.05, 4.69) is 0 Å². The molecule has 2 aromatic carbocycles. The minimum Gasteiger partial charge on any atom is -0.507 e. The van der Waals surface area contributed by atoms with Crippen LogP contribution in [0.15, 0.2) is 39.5 Å². The monoisotopic (exact) mass is 788 g/mol. The molecule has 55 heavy (non-hydrogen) atoms. The van der Waals surface area contributed by atoms with Gasteiger partial charge in [0.15, 0.2) is 23.5 Å². The van der Waals surface area contributed by atoms with E-state index in [4.69, 9.17) is 32.8 Å². The molecular weight excluding hydrogens is 748 g/mol. The summed E-state index contributed by atoms with van der Waals surface area (Å²) in [6, 6.07) is 5.08. The summed E-state index contributed by atoms with van der Waals surface area (Å²) < 4.78 is 38.9. The van der Waals surface area contributed by atoms with Gasteiger partial charge in [-0.15, -0.1) is 0 Å². The lowest BCUT2D eigenvalue weighted by Crippen LogP contribution is -2.62. The molecule has 15 atom stereocenters. The summed E-state index contributed by atoms with van der Waals surface area (Å²) in [4.78, 5) is 13.9. The topological polar surface area (TPSA) is 369 Å². The average Bonchev–Trinajstić information content (AvgIpc) is 3.16. The molecule has 0 bridgehead atoms. The van der Waals surface area contributed by atoms with Crippen molar-refractivity contribution in [2.75, 3.05) is 19.8 Å². The Morgan fingerprint density at radius 3 is 1.67 bits per heavy atom. The van der Waals surface area contributed by atoms with Crippen molar-refractivity contribution in [3.05, 3.63) is 40.6 Å². The van der Waals surface area contributed by atoms with E-state index in [1.807, 2.05) is 0 Å². The van der Waals surface area contributed by atoms with Crippen LogP contribution in [-0.2, 0) is 18.9 Å². The molecule has 22 nitrogen and oxygen atoms in total. The fourth-order valence-corrected chi connectivity index (χ4v) is 6.25. The van der Waals surface area contributed by atoms with Crippen LogP contribution in [0, 0.1) is 0 Å². The number of hydrogen-bond acceptors (Lipinski definition) is 22. The first kappa shape index (κ1) is 40.7. The van der Waals surface area contributed by atoms with Crippen LogP contribution in [0.3, 0.4) is 0 Å². The van der Waals surface area contributed by atoms with E-state index in [1.165, 1.54) is 6.07 Å². The molecule has 0 aliphatic carbocycles. The van der Waals surface area contributed by atoms with Gasteiger partial charge in [-0.05, 0) is 18.2 Å². The Morgan fingerprint density at radius 2 is 1.09 bits per heavy atom. The van der Waals surface area contributed by atoms with E-state index < -0.39 is 157 Å². The maximum atomic E-state index is 13.9. The van der Waals surface area contributed by atoms with Gasteiger partial charge >= 0.3 is 0 Å². The van der Waals surface area contributed by atoms with Crippen molar-refractivity contribution in [1.29, 1.82) is 0 Å². The molecule has 22 heteroatoms. The number of aliphatic hydroxyl groups is 11. The van der Waals surface area contributed by atoms with Crippen molar-refractivity contribution in [3.8, 4) is 40.1 Å². The summed E-state index contributed by atoms with van der Waals surface area (Å²) in [6.07, 6.45) is -26.3. The van der Waals surface area contributed by atoms with Crippen molar-refractivity contribution >= 4 is 11.0 Å². The maximum Gasteiger partial charge on any atom is 0.239 e. The van der Waals surface area contributed by atoms with Crippen LogP contribution in [0.25, 0.3) is 22.3 Å². The summed E-state index contributed by atoms with van der Waals surface area (Å²) in [5, 5.41) is 143. The van der Waals surface area contributed by atoms with Gasteiger partial charge in [0.1, 0.15) is 95.7 Å². The van der Waals surface area contributed by atoms with Crippen molar-refractivity contribution in [1.82, 2.24) is 0 Å². The van der Waals surface area contributed by atoms with Gasteiger partial charge in [0.25, 0.3) is 0 Å². The molecule has 0 radical (unpaired) electrons. The zero-order chi connectivity index (χ0) is 40.0. The van der Waals surface area contributed by atoms with Crippen molar-refractivity contribution < 1.29 is 104 Å². The SMILES string of the molecule is O=c1c(O[C@@H]2O[C@H](CO)[C@H](O)[C@H](O)[C@@H]2O)c(-c2ccc(O)c(O)c2)oc2cc(O[C@@H]3O[C@H](CO[C@@H]4O[C@H](CO)[C@H](O)[C@H](O)[C@@H]4O)[C@H](O)[C@H](O)[C@@H]3O)cc(O)c12. The molecule has 3 fully saturated rings. The highest BCUT2D eigenvalue weighted by Crippen LogP contribution is 2.40. The lowest BCUT2D eigenvalue weighted by atomic mass is 9.98. The molecule has 4 heterocycles. The Morgan fingerprint density at radius 1 is 0.564 bits per heavy atom. The van der Waals surface area contributed by atoms with Gasteiger partial charge in [0.2, 0.25) is 23.8 Å². The van der Waals surface area contributed by atoms with E-state index >= 15 is 0 Å². The Hall–Kier alpha value is -3.95. The Balaban J connectivity index is 1.30. The fraction of sp³-hybridized carbons (Fsp3) is 0.545. The zero-order valence-corrected chi connectivity index (χ0v) is 28.2. The van der Waals surface area contributed by atoms with Crippen molar-refractivity contribution in [3.63, 3.8) is 0 Å². The first-order valence-electron chi connectivity index (χ1n) is 16.7. The molecule has 0 spiro atoms. The normalized spacial score (nSPS) is 36.8. The average molecular weight is 789 g/mol. The van der Waals surface area contributed by atoms with E-state index in [-0.39, 0.29) is 11.3 Å². The van der Waals surface area contributed by atoms with E-state index in [0.717, 1.165) is 24.3 Å². The quantitative estimate of drug-likeness (QED) is 0.0853. The number of aliphatic hydroxyl groups excluding tert-OH is 11. The van der Waals surface area contributed by atoms with Crippen molar-refractivity contribution in [2.45, 2.75) is 92.1 Å². The maximum absolute atomic E-state index is 13.9. The molecule has 0 saturated carbocycles. The van der Waals surface area contributed by atoms with Gasteiger partial charge < -0.3 is 104 Å². The second-order valence-corrected chi connectivity index (χ2v) is 13.1. The number of phenols is 3. The fourth-order valence-electron chi connectivity index (χ4n) is 6.25. The number of phenolic OH excluding ortho intramolecular Hbond substituents is 3. The molecule has 3 aliphatic rings. The Labute approximate surface area is 307 Å². The molecular formula is C33H40O22. The predicted molar refractivity (Wildman–Crippen MR) is 174 cm³/mol. The molecule has 0 unspecified atom stereocenters. The molecule has 0 amide bonds. The lowest BCUT2D eigenvalue weighted by Gasteiger charge is -2.42. The zero-order valence-electron chi connectivity index (χ0n) is 28.2. The summed E-state index contributed by atoms with van der Waals surface area (Å²) in [6.45, 7) is -2.26. The largest absolute Gasteiger partial charge is 0.507 e. The van der Waals surface area contributed by atoms with Crippen LogP contribution in [0.1, 0.15) is 0 Å². The first-order valence-corrected chi connectivity index (χ1v) is 16.7. The Bertz CT molecular complexity index is 1870. The highest BCUT2D eigenvalue weighted by atomic mass is 16.7. The number of benzene rings is 2. The third kappa shape index (κ3) is 7.76. The first-order chi connectivity index (χ1) is 26.1. The van der Waals surface area contributed by atoms with E-state index in [1.54, 1.807) is 0 Å². The number of ether oxygens (including phenoxy) is 6. The smallest absolute Gasteiger partial charge is 0.239 e. The second kappa shape index (κ2) is 16.3. The predicted octanol–water partition coefficient (Wildman–Crippen LogP) is -5.24. The van der Waals surface area contributed by atoms with Gasteiger partial charge in [-0.3, -0.25) is 4.79 Å².